The van der Waals surface area contributed by atoms with E-state index in [9.17, 15) is 4.79 Å². The summed E-state index contributed by atoms with van der Waals surface area (Å²) in [4.78, 5) is 15.3. The van der Waals surface area contributed by atoms with Gasteiger partial charge < -0.3 is 10.2 Å². The summed E-state index contributed by atoms with van der Waals surface area (Å²) >= 11 is 6.24. The first-order chi connectivity index (χ1) is 14.5. The fraction of sp³-hybridized carbons (Fsp3) is 0.333. The Kier molecular flexibility index (Phi) is 6.09. The highest BCUT2D eigenvalue weighted by molar-refractivity contribution is 6.31. The number of hydrogen-bond donors (Lipinski definition) is 1. The molecule has 1 amide bonds. The Morgan fingerprint density at radius 3 is 2.53 bits per heavy atom. The molecule has 0 bridgehead atoms. The van der Waals surface area contributed by atoms with E-state index in [1.165, 1.54) is 19.3 Å². The van der Waals surface area contributed by atoms with E-state index in [4.69, 9.17) is 11.6 Å². The predicted octanol–water partition coefficient (Wildman–Crippen LogP) is 5.31. The molecular weight excluding hydrogens is 396 g/mol. The number of amides is 1. The van der Waals surface area contributed by atoms with Crippen molar-refractivity contribution in [3.63, 3.8) is 0 Å². The molecular formula is C24H27ClN4O. The number of nitrogens with zero attached hydrogens (tertiary/aromatic N) is 3. The highest BCUT2D eigenvalue weighted by atomic mass is 35.5. The molecule has 1 fully saturated rings. The molecule has 1 aliphatic rings. The zero-order valence-electron chi connectivity index (χ0n) is 17.5. The van der Waals surface area contributed by atoms with Crippen LogP contribution in [0.1, 0.15) is 36.2 Å². The Bertz CT molecular complexity index is 1040. The number of anilines is 2. The lowest BCUT2D eigenvalue weighted by atomic mass is 10.1. The number of halogens is 1. The fourth-order valence-corrected chi connectivity index (χ4v) is 4.30. The van der Waals surface area contributed by atoms with Crippen molar-refractivity contribution in [2.24, 2.45) is 0 Å². The van der Waals surface area contributed by atoms with Crippen molar-refractivity contribution in [2.45, 2.75) is 39.5 Å². The van der Waals surface area contributed by atoms with Gasteiger partial charge in [0, 0.05) is 29.4 Å². The van der Waals surface area contributed by atoms with Crippen molar-refractivity contribution in [2.75, 3.05) is 23.3 Å². The van der Waals surface area contributed by atoms with Gasteiger partial charge in [-0.15, -0.1) is 0 Å². The molecule has 0 atom stereocenters. The molecule has 0 aliphatic carbocycles. The monoisotopic (exact) mass is 422 g/mol. The van der Waals surface area contributed by atoms with E-state index >= 15 is 0 Å². The van der Waals surface area contributed by atoms with Gasteiger partial charge in [-0.3, -0.25) is 4.79 Å². The van der Waals surface area contributed by atoms with Crippen LogP contribution in [0.5, 0.6) is 0 Å². The molecule has 1 aliphatic heterocycles. The van der Waals surface area contributed by atoms with Gasteiger partial charge in [-0.2, -0.15) is 5.10 Å². The van der Waals surface area contributed by atoms with Crippen molar-refractivity contribution in [1.82, 2.24) is 9.78 Å². The number of piperidine rings is 1. The molecule has 0 radical (unpaired) electrons. The molecule has 30 heavy (non-hydrogen) atoms. The molecule has 1 saturated heterocycles. The molecule has 1 aromatic heterocycles. The van der Waals surface area contributed by atoms with Crippen LogP contribution in [0.25, 0.3) is 5.69 Å². The molecule has 2 aromatic carbocycles. The summed E-state index contributed by atoms with van der Waals surface area (Å²) in [5.74, 6) is -0.0608. The number of para-hydroxylation sites is 1. The number of benzene rings is 2. The zero-order valence-corrected chi connectivity index (χ0v) is 18.2. The largest absolute Gasteiger partial charge is 0.370 e. The topological polar surface area (TPSA) is 50.2 Å². The Labute approximate surface area is 182 Å². The summed E-state index contributed by atoms with van der Waals surface area (Å²) in [6.07, 6.45) is 3.88. The SMILES string of the molecule is Cc1nn(-c2ccccc2)c(C)c1CC(=O)Nc1cc(Cl)ccc1N1CCCCC1. The van der Waals surface area contributed by atoms with E-state index in [0.29, 0.717) is 5.02 Å². The highest BCUT2D eigenvalue weighted by Gasteiger charge is 2.19. The minimum Gasteiger partial charge on any atom is -0.370 e. The summed E-state index contributed by atoms with van der Waals surface area (Å²) in [6, 6.07) is 15.7. The zero-order chi connectivity index (χ0) is 21.1. The second-order valence-electron chi connectivity index (χ2n) is 7.83. The number of nitrogens with one attached hydrogen (secondary N) is 1. The van der Waals surface area contributed by atoms with Gasteiger partial charge in [-0.1, -0.05) is 29.8 Å². The smallest absolute Gasteiger partial charge is 0.228 e. The lowest BCUT2D eigenvalue weighted by Gasteiger charge is -2.30. The van der Waals surface area contributed by atoms with Gasteiger partial charge in [0.1, 0.15) is 0 Å². The molecule has 6 heteroatoms. The average Bonchev–Trinajstić information content (AvgIpc) is 3.03. The lowest BCUT2D eigenvalue weighted by molar-refractivity contribution is -0.115. The van der Waals surface area contributed by atoms with Crippen LogP contribution in [0.3, 0.4) is 0 Å². The van der Waals surface area contributed by atoms with E-state index in [-0.39, 0.29) is 12.3 Å². The van der Waals surface area contributed by atoms with Crippen LogP contribution in [0, 0.1) is 13.8 Å². The van der Waals surface area contributed by atoms with Gasteiger partial charge >= 0.3 is 0 Å². The maximum absolute atomic E-state index is 13.0. The third-order valence-electron chi connectivity index (χ3n) is 5.71. The van der Waals surface area contributed by atoms with Crippen molar-refractivity contribution in [1.29, 1.82) is 0 Å². The Balaban J connectivity index is 1.55. The van der Waals surface area contributed by atoms with Gasteiger partial charge in [-0.05, 0) is 63.4 Å². The minimum atomic E-state index is -0.0608. The van der Waals surface area contributed by atoms with Crippen LogP contribution in [0.2, 0.25) is 5.02 Å². The molecule has 4 rings (SSSR count). The summed E-state index contributed by atoms with van der Waals surface area (Å²) in [7, 11) is 0. The lowest BCUT2D eigenvalue weighted by Crippen LogP contribution is -2.30. The first kappa shape index (κ1) is 20.5. The second-order valence-corrected chi connectivity index (χ2v) is 8.27. The van der Waals surface area contributed by atoms with Gasteiger partial charge in [0.25, 0.3) is 0 Å². The van der Waals surface area contributed by atoms with E-state index in [2.05, 4.69) is 15.3 Å². The van der Waals surface area contributed by atoms with E-state index in [1.807, 2.05) is 67.1 Å². The van der Waals surface area contributed by atoms with Crippen LogP contribution in [-0.4, -0.2) is 28.8 Å². The Morgan fingerprint density at radius 1 is 1.07 bits per heavy atom. The molecule has 3 aromatic rings. The summed E-state index contributed by atoms with van der Waals surface area (Å²) in [6.45, 7) is 5.97. The quantitative estimate of drug-likeness (QED) is 0.605. The fourth-order valence-electron chi connectivity index (χ4n) is 4.13. The standard InChI is InChI=1S/C24H27ClN4O/c1-17-21(18(2)29(27-17)20-9-5-3-6-10-20)16-24(30)26-22-15-19(25)11-12-23(22)28-13-7-4-8-14-28/h3,5-6,9-12,15H,4,7-8,13-14,16H2,1-2H3,(H,26,30). The highest BCUT2D eigenvalue weighted by Crippen LogP contribution is 2.31. The van der Waals surface area contributed by atoms with Crippen LogP contribution in [-0.2, 0) is 11.2 Å². The number of rotatable bonds is 5. The van der Waals surface area contributed by atoms with Crippen LogP contribution in [0.4, 0.5) is 11.4 Å². The summed E-state index contributed by atoms with van der Waals surface area (Å²) in [5.41, 5.74) is 5.62. The second kappa shape index (κ2) is 8.92. The van der Waals surface area contributed by atoms with Crippen LogP contribution >= 0.6 is 11.6 Å². The summed E-state index contributed by atoms with van der Waals surface area (Å²) in [5, 5.41) is 8.37. The van der Waals surface area contributed by atoms with Crippen LogP contribution in [0.15, 0.2) is 48.5 Å². The normalized spacial score (nSPS) is 14.0. The number of carbonyl (C=O) groups excluding carboxylic acids is 1. The van der Waals surface area contributed by atoms with Gasteiger partial charge in [0.15, 0.2) is 0 Å². The molecule has 5 nitrogen and oxygen atoms in total. The van der Waals surface area contributed by atoms with Crippen molar-refractivity contribution >= 4 is 28.9 Å². The molecule has 0 spiro atoms. The van der Waals surface area contributed by atoms with Crippen molar-refractivity contribution in [3.05, 3.63) is 70.5 Å². The van der Waals surface area contributed by atoms with Gasteiger partial charge in [-0.25, -0.2) is 4.68 Å². The van der Waals surface area contributed by atoms with E-state index in [0.717, 1.165) is 47.1 Å². The van der Waals surface area contributed by atoms with Gasteiger partial charge in [0.2, 0.25) is 5.91 Å². The first-order valence-corrected chi connectivity index (χ1v) is 10.9. The molecule has 2 heterocycles. The molecule has 1 N–H and O–H groups in total. The molecule has 0 unspecified atom stereocenters. The average molecular weight is 423 g/mol. The Morgan fingerprint density at radius 2 is 1.80 bits per heavy atom. The minimum absolute atomic E-state index is 0.0608. The van der Waals surface area contributed by atoms with Crippen LogP contribution < -0.4 is 10.2 Å². The Hall–Kier alpha value is -2.79. The van der Waals surface area contributed by atoms with E-state index < -0.39 is 0 Å². The molecule has 0 saturated carbocycles. The maximum atomic E-state index is 13.0. The van der Waals surface area contributed by atoms with Crippen molar-refractivity contribution in [3.8, 4) is 5.69 Å². The first-order valence-electron chi connectivity index (χ1n) is 10.5. The number of hydrogen-bond acceptors (Lipinski definition) is 3. The summed E-state index contributed by atoms with van der Waals surface area (Å²) < 4.78 is 1.90. The maximum Gasteiger partial charge on any atom is 0.228 e. The van der Waals surface area contributed by atoms with Gasteiger partial charge in [0.05, 0.1) is 29.2 Å². The van der Waals surface area contributed by atoms with E-state index in [1.54, 1.807) is 0 Å². The number of aromatic nitrogens is 2. The van der Waals surface area contributed by atoms with Crippen molar-refractivity contribution < 1.29 is 4.79 Å². The number of aryl methyl sites for hydroxylation is 1. The molecule has 156 valence electrons. The number of carbonyl (C=O) groups is 1. The third kappa shape index (κ3) is 4.36. The predicted molar refractivity (Wildman–Crippen MR) is 123 cm³/mol. The third-order valence-corrected chi connectivity index (χ3v) is 5.94.